The van der Waals surface area contributed by atoms with Crippen LogP contribution in [0.15, 0.2) is 18.2 Å². The molecule has 2 aromatic rings. The highest BCUT2D eigenvalue weighted by Gasteiger charge is 2.28. The molecule has 16 heavy (non-hydrogen) atoms. The number of hydrogen-bond donors (Lipinski definition) is 0. The molecule has 0 bridgehead atoms. The maximum atomic E-state index is 5.92. The normalized spacial score (nSPS) is 17.9. The molecule has 2 heterocycles. The van der Waals surface area contributed by atoms with Crippen molar-refractivity contribution in [1.82, 2.24) is 19.9 Å². The van der Waals surface area contributed by atoms with Crippen molar-refractivity contribution in [3.05, 3.63) is 23.2 Å². The zero-order chi connectivity index (χ0) is 11.1. The van der Waals surface area contributed by atoms with Gasteiger partial charge in [-0.25, -0.2) is 4.68 Å². The van der Waals surface area contributed by atoms with E-state index < -0.39 is 0 Å². The van der Waals surface area contributed by atoms with Crippen molar-refractivity contribution in [3.8, 4) is 0 Å². The van der Waals surface area contributed by atoms with Crippen LogP contribution in [0.1, 0.15) is 13.0 Å². The fraction of sp³-hybridized carbons (Fsp3) is 0.455. The Labute approximate surface area is 98.8 Å². The monoisotopic (exact) mass is 236 g/mol. The standard InChI is InChI=1S/C11H13ClN4/c1-2-15-6-9(7-15)16-11-4-3-8(12)5-10(11)13-14-16/h3-5,9H,2,6-7H2,1H3. The van der Waals surface area contributed by atoms with Crippen LogP contribution in [0.5, 0.6) is 0 Å². The molecule has 0 unspecified atom stereocenters. The summed E-state index contributed by atoms with van der Waals surface area (Å²) in [7, 11) is 0. The third kappa shape index (κ3) is 1.49. The molecule has 0 N–H and O–H groups in total. The molecule has 5 heteroatoms. The number of benzene rings is 1. The number of halogens is 1. The number of likely N-dealkylation sites (tertiary alicyclic amines) is 1. The average Bonchev–Trinajstić information content (AvgIpc) is 2.60. The van der Waals surface area contributed by atoms with E-state index >= 15 is 0 Å². The van der Waals surface area contributed by atoms with Gasteiger partial charge in [-0.3, -0.25) is 4.90 Å². The Morgan fingerprint density at radius 3 is 3.00 bits per heavy atom. The summed E-state index contributed by atoms with van der Waals surface area (Å²) >= 11 is 5.92. The SMILES string of the molecule is CCN1CC(n2nnc3cc(Cl)ccc32)C1. The Hall–Kier alpha value is -1.13. The largest absolute Gasteiger partial charge is 0.299 e. The van der Waals surface area contributed by atoms with Crippen molar-refractivity contribution in [2.45, 2.75) is 13.0 Å². The number of nitrogens with zero attached hydrogens (tertiary/aromatic N) is 4. The molecule has 4 nitrogen and oxygen atoms in total. The summed E-state index contributed by atoms with van der Waals surface area (Å²) in [6.45, 7) is 5.42. The maximum Gasteiger partial charge on any atom is 0.114 e. The minimum Gasteiger partial charge on any atom is -0.299 e. The van der Waals surface area contributed by atoms with Crippen LogP contribution in [-0.4, -0.2) is 39.5 Å². The van der Waals surface area contributed by atoms with Crippen molar-refractivity contribution in [2.75, 3.05) is 19.6 Å². The second kappa shape index (κ2) is 3.71. The van der Waals surface area contributed by atoms with Gasteiger partial charge in [-0.05, 0) is 24.7 Å². The van der Waals surface area contributed by atoms with Crippen molar-refractivity contribution in [3.63, 3.8) is 0 Å². The van der Waals surface area contributed by atoms with Gasteiger partial charge in [0.15, 0.2) is 0 Å². The van der Waals surface area contributed by atoms with Crippen LogP contribution in [0.25, 0.3) is 11.0 Å². The fourth-order valence-electron chi connectivity index (χ4n) is 2.14. The lowest BCUT2D eigenvalue weighted by Crippen LogP contribution is -2.47. The lowest BCUT2D eigenvalue weighted by molar-refractivity contribution is 0.107. The Bertz CT molecular complexity index is 516. The zero-order valence-electron chi connectivity index (χ0n) is 9.10. The average molecular weight is 237 g/mol. The van der Waals surface area contributed by atoms with E-state index in [4.69, 9.17) is 11.6 Å². The molecular weight excluding hydrogens is 224 g/mol. The van der Waals surface area contributed by atoms with E-state index in [-0.39, 0.29) is 0 Å². The lowest BCUT2D eigenvalue weighted by atomic mass is 10.1. The minimum absolute atomic E-state index is 0.464. The fourth-order valence-corrected chi connectivity index (χ4v) is 2.31. The van der Waals surface area contributed by atoms with Gasteiger partial charge in [0.25, 0.3) is 0 Å². The molecule has 0 atom stereocenters. The second-order valence-corrected chi connectivity index (χ2v) is 4.61. The van der Waals surface area contributed by atoms with Crippen molar-refractivity contribution >= 4 is 22.6 Å². The van der Waals surface area contributed by atoms with Gasteiger partial charge < -0.3 is 0 Å². The summed E-state index contributed by atoms with van der Waals surface area (Å²) in [4.78, 5) is 2.38. The Kier molecular flexibility index (Phi) is 2.33. The summed E-state index contributed by atoms with van der Waals surface area (Å²) in [5.74, 6) is 0. The molecule has 0 aliphatic carbocycles. The van der Waals surface area contributed by atoms with Crippen molar-refractivity contribution in [1.29, 1.82) is 0 Å². The Morgan fingerprint density at radius 2 is 2.25 bits per heavy atom. The molecule has 1 aromatic carbocycles. The predicted octanol–water partition coefficient (Wildman–Crippen LogP) is 1.96. The minimum atomic E-state index is 0.464. The number of fused-ring (bicyclic) bond motifs is 1. The van der Waals surface area contributed by atoms with Crippen LogP contribution in [0.2, 0.25) is 5.02 Å². The molecule has 84 valence electrons. The smallest absolute Gasteiger partial charge is 0.114 e. The maximum absolute atomic E-state index is 5.92. The number of hydrogen-bond acceptors (Lipinski definition) is 3. The molecule has 3 rings (SSSR count). The van der Waals surface area contributed by atoms with Gasteiger partial charge in [0.2, 0.25) is 0 Å². The van der Waals surface area contributed by atoms with E-state index in [0.29, 0.717) is 11.1 Å². The van der Waals surface area contributed by atoms with Crippen molar-refractivity contribution in [2.24, 2.45) is 0 Å². The molecule has 0 saturated carbocycles. The summed E-state index contributed by atoms with van der Waals surface area (Å²) in [5.41, 5.74) is 1.95. The third-order valence-electron chi connectivity index (χ3n) is 3.16. The predicted molar refractivity (Wildman–Crippen MR) is 63.7 cm³/mol. The van der Waals surface area contributed by atoms with Gasteiger partial charge in [-0.15, -0.1) is 5.10 Å². The molecule has 0 amide bonds. The Balaban J connectivity index is 1.94. The molecular formula is C11H13ClN4. The van der Waals surface area contributed by atoms with Crippen LogP contribution < -0.4 is 0 Å². The molecule has 1 aliphatic rings. The highest BCUT2D eigenvalue weighted by atomic mass is 35.5. The quantitative estimate of drug-likeness (QED) is 0.800. The summed E-state index contributed by atoms with van der Waals surface area (Å²) in [6.07, 6.45) is 0. The molecule has 0 spiro atoms. The van der Waals surface area contributed by atoms with Gasteiger partial charge in [0.1, 0.15) is 5.52 Å². The van der Waals surface area contributed by atoms with Gasteiger partial charge in [0.05, 0.1) is 11.6 Å². The van der Waals surface area contributed by atoms with E-state index in [2.05, 4.69) is 22.1 Å². The number of rotatable bonds is 2. The van der Waals surface area contributed by atoms with E-state index in [9.17, 15) is 0 Å². The van der Waals surface area contributed by atoms with Gasteiger partial charge in [-0.1, -0.05) is 23.7 Å². The first-order valence-corrected chi connectivity index (χ1v) is 5.88. The van der Waals surface area contributed by atoms with E-state index in [1.807, 2.05) is 22.9 Å². The molecule has 1 aromatic heterocycles. The number of likely N-dealkylation sites (N-methyl/N-ethyl adjacent to an activating group) is 1. The zero-order valence-corrected chi connectivity index (χ0v) is 9.85. The first-order valence-electron chi connectivity index (χ1n) is 5.50. The molecule has 1 fully saturated rings. The van der Waals surface area contributed by atoms with Crippen LogP contribution in [-0.2, 0) is 0 Å². The van der Waals surface area contributed by atoms with Gasteiger partial charge >= 0.3 is 0 Å². The summed E-state index contributed by atoms with van der Waals surface area (Å²) < 4.78 is 2.01. The van der Waals surface area contributed by atoms with E-state index in [1.54, 1.807) is 0 Å². The van der Waals surface area contributed by atoms with Crippen LogP contribution in [0, 0.1) is 0 Å². The second-order valence-electron chi connectivity index (χ2n) is 4.17. The molecule has 1 saturated heterocycles. The summed E-state index contributed by atoms with van der Waals surface area (Å²) in [6, 6.07) is 6.20. The third-order valence-corrected chi connectivity index (χ3v) is 3.40. The lowest BCUT2D eigenvalue weighted by Gasteiger charge is -2.38. The highest BCUT2D eigenvalue weighted by molar-refractivity contribution is 6.31. The summed E-state index contributed by atoms with van der Waals surface area (Å²) in [5, 5.41) is 9.06. The van der Waals surface area contributed by atoms with Gasteiger partial charge in [0, 0.05) is 18.1 Å². The highest BCUT2D eigenvalue weighted by Crippen LogP contribution is 2.25. The molecule has 1 aliphatic heterocycles. The number of aromatic nitrogens is 3. The van der Waals surface area contributed by atoms with Crippen LogP contribution >= 0.6 is 11.6 Å². The first-order chi connectivity index (χ1) is 7.78. The van der Waals surface area contributed by atoms with Crippen LogP contribution in [0.3, 0.4) is 0 Å². The first kappa shape index (κ1) is 10.1. The topological polar surface area (TPSA) is 34.0 Å². The van der Waals surface area contributed by atoms with Gasteiger partial charge in [-0.2, -0.15) is 0 Å². The Morgan fingerprint density at radius 1 is 1.44 bits per heavy atom. The molecule has 0 radical (unpaired) electrons. The van der Waals surface area contributed by atoms with E-state index in [1.165, 1.54) is 0 Å². The van der Waals surface area contributed by atoms with E-state index in [0.717, 1.165) is 30.7 Å². The van der Waals surface area contributed by atoms with Crippen LogP contribution in [0.4, 0.5) is 0 Å². The van der Waals surface area contributed by atoms with Crippen molar-refractivity contribution < 1.29 is 0 Å².